The van der Waals surface area contributed by atoms with E-state index >= 15 is 0 Å². The van der Waals surface area contributed by atoms with E-state index in [9.17, 15) is 0 Å². The Bertz CT molecular complexity index is 101. The summed E-state index contributed by atoms with van der Waals surface area (Å²) in [4.78, 5) is 6.23. The van der Waals surface area contributed by atoms with E-state index in [4.69, 9.17) is 0 Å². The summed E-state index contributed by atoms with van der Waals surface area (Å²) in [6, 6.07) is 0.683. The van der Waals surface area contributed by atoms with Crippen LogP contribution in [0.25, 0.3) is 0 Å². The van der Waals surface area contributed by atoms with Gasteiger partial charge in [-0.25, -0.2) is 0 Å². The molecule has 0 radical (unpaired) electrons. The van der Waals surface area contributed by atoms with Crippen molar-refractivity contribution in [2.24, 2.45) is 4.99 Å². The highest BCUT2D eigenvalue weighted by Gasteiger charge is 2.19. The van der Waals surface area contributed by atoms with Gasteiger partial charge in [-0.1, -0.05) is 0 Å². The summed E-state index contributed by atoms with van der Waals surface area (Å²) in [5.74, 6) is 0. The molecule has 0 N–H and O–H groups in total. The largest absolute Gasteiger partial charge is 0.302 e. The van der Waals surface area contributed by atoms with E-state index in [-0.39, 0.29) is 0 Å². The third-order valence-electron chi connectivity index (χ3n) is 2.01. The lowest BCUT2D eigenvalue weighted by molar-refractivity contribution is 0.318. The smallest absolute Gasteiger partial charge is 0.0537 e. The molecule has 0 spiro atoms. The highest BCUT2D eigenvalue weighted by molar-refractivity contribution is 5.23. The van der Waals surface area contributed by atoms with Gasteiger partial charge in [-0.2, -0.15) is 0 Å². The molecular weight excluding hydrogens is 112 g/mol. The number of nitrogens with zero attached hydrogens (tertiary/aromatic N) is 2. The summed E-state index contributed by atoms with van der Waals surface area (Å²) in [5.41, 5.74) is 0. The fraction of sp³-hybridized carbons (Fsp3) is 0.857. The minimum absolute atomic E-state index is 0.683. The average Bonchev–Trinajstić information content (AvgIpc) is 2.18. The van der Waals surface area contributed by atoms with Crippen molar-refractivity contribution in [3.05, 3.63) is 0 Å². The predicted molar refractivity (Wildman–Crippen MR) is 40.1 cm³/mol. The Morgan fingerprint density at radius 1 is 1.78 bits per heavy atom. The van der Waals surface area contributed by atoms with Gasteiger partial charge < -0.3 is 4.90 Å². The lowest BCUT2D eigenvalue weighted by Crippen LogP contribution is -2.27. The van der Waals surface area contributed by atoms with Gasteiger partial charge in [0.15, 0.2) is 0 Å². The van der Waals surface area contributed by atoms with Crippen molar-refractivity contribution in [3.63, 3.8) is 0 Å². The van der Waals surface area contributed by atoms with Crippen LogP contribution >= 0.6 is 0 Å². The normalized spacial score (nSPS) is 28.8. The molecular formula is C7H14N2. The Morgan fingerprint density at radius 2 is 2.56 bits per heavy atom. The van der Waals surface area contributed by atoms with E-state index < -0.39 is 0 Å². The molecule has 1 fully saturated rings. The monoisotopic (exact) mass is 126 g/mol. The Labute approximate surface area is 56.6 Å². The maximum atomic E-state index is 3.88. The van der Waals surface area contributed by atoms with Crippen LogP contribution in [0.15, 0.2) is 4.99 Å². The third-order valence-corrected chi connectivity index (χ3v) is 2.01. The van der Waals surface area contributed by atoms with Gasteiger partial charge >= 0.3 is 0 Å². The van der Waals surface area contributed by atoms with E-state index in [1.807, 2.05) is 0 Å². The van der Waals surface area contributed by atoms with Crippen LogP contribution in [0.5, 0.6) is 0 Å². The average molecular weight is 126 g/mol. The molecule has 2 nitrogen and oxygen atoms in total. The molecule has 52 valence electrons. The second-order valence-electron chi connectivity index (χ2n) is 2.68. The van der Waals surface area contributed by atoms with Crippen molar-refractivity contribution in [1.82, 2.24) is 4.90 Å². The molecule has 2 heteroatoms. The SMILES string of the molecule is C=NCC1CCCN1C. The topological polar surface area (TPSA) is 15.6 Å². The van der Waals surface area contributed by atoms with Crippen LogP contribution in [-0.4, -0.2) is 37.8 Å². The number of hydrogen-bond donors (Lipinski definition) is 0. The van der Waals surface area contributed by atoms with Gasteiger partial charge in [-0.05, 0) is 33.2 Å². The van der Waals surface area contributed by atoms with Gasteiger partial charge in [-0.3, -0.25) is 4.99 Å². The van der Waals surface area contributed by atoms with Gasteiger partial charge in [0, 0.05) is 6.04 Å². The lowest BCUT2D eigenvalue weighted by Gasteiger charge is -2.15. The molecule has 0 aliphatic carbocycles. The molecule has 1 heterocycles. The van der Waals surface area contributed by atoms with Crippen LogP contribution in [0, 0.1) is 0 Å². The summed E-state index contributed by atoms with van der Waals surface area (Å²) < 4.78 is 0. The van der Waals surface area contributed by atoms with Crippen LogP contribution in [0.1, 0.15) is 12.8 Å². The molecule has 1 rings (SSSR count). The zero-order valence-corrected chi connectivity index (χ0v) is 6.01. The first-order chi connectivity index (χ1) is 4.34. The first-order valence-corrected chi connectivity index (χ1v) is 3.47. The molecule has 0 bridgehead atoms. The van der Waals surface area contributed by atoms with Crippen molar-refractivity contribution in [3.8, 4) is 0 Å². The maximum Gasteiger partial charge on any atom is 0.0537 e. The molecule has 0 aromatic heterocycles. The van der Waals surface area contributed by atoms with E-state index in [0.717, 1.165) is 6.54 Å². The maximum absolute atomic E-state index is 3.88. The van der Waals surface area contributed by atoms with E-state index in [1.165, 1.54) is 19.4 Å². The van der Waals surface area contributed by atoms with E-state index in [1.54, 1.807) is 0 Å². The second kappa shape index (κ2) is 2.97. The third kappa shape index (κ3) is 1.52. The fourth-order valence-electron chi connectivity index (χ4n) is 1.36. The lowest BCUT2D eigenvalue weighted by atomic mass is 10.2. The van der Waals surface area contributed by atoms with E-state index in [2.05, 4.69) is 23.7 Å². The number of hydrogen-bond acceptors (Lipinski definition) is 2. The first-order valence-electron chi connectivity index (χ1n) is 3.47. The number of likely N-dealkylation sites (tertiary alicyclic amines) is 1. The molecule has 1 aliphatic heterocycles. The Balaban J connectivity index is 2.30. The minimum atomic E-state index is 0.683. The molecule has 1 atom stereocenters. The summed E-state index contributed by atoms with van der Waals surface area (Å²) >= 11 is 0. The van der Waals surface area contributed by atoms with Crippen molar-refractivity contribution in [2.45, 2.75) is 18.9 Å². The Hall–Kier alpha value is -0.370. The molecule has 9 heavy (non-hydrogen) atoms. The van der Waals surface area contributed by atoms with Gasteiger partial charge in [0.2, 0.25) is 0 Å². The zero-order chi connectivity index (χ0) is 6.69. The van der Waals surface area contributed by atoms with Crippen molar-refractivity contribution < 1.29 is 0 Å². The quantitative estimate of drug-likeness (QED) is 0.499. The van der Waals surface area contributed by atoms with Gasteiger partial charge in [-0.15, -0.1) is 0 Å². The standard InChI is InChI=1S/C7H14N2/c1-8-6-7-4-3-5-9(7)2/h7H,1,3-6H2,2H3. The molecule has 0 aromatic rings. The fourth-order valence-corrected chi connectivity index (χ4v) is 1.36. The number of aliphatic imine (C=N–C) groups is 1. The van der Waals surface area contributed by atoms with Crippen LogP contribution in [0.3, 0.4) is 0 Å². The Morgan fingerprint density at radius 3 is 3.00 bits per heavy atom. The van der Waals surface area contributed by atoms with E-state index in [0.29, 0.717) is 6.04 Å². The summed E-state index contributed by atoms with van der Waals surface area (Å²) in [6.45, 7) is 5.63. The molecule has 1 aliphatic rings. The minimum Gasteiger partial charge on any atom is -0.302 e. The summed E-state index contributed by atoms with van der Waals surface area (Å²) in [7, 11) is 2.16. The van der Waals surface area contributed by atoms with Crippen molar-refractivity contribution in [1.29, 1.82) is 0 Å². The molecule has 0 aromatic carbocycles. The zero-order valence-electron chi connectivity index (χ0n) is 6.01. The number of likely N-dealkylation sites (N-methyl/N-ethyl adjacent to an activating group) is 1. The molecule has 1 saturated heterocycles. The van der Waals surface area contributed by atoms with Crippen LogP contribution in [0.2, 0.25) is 0 Å². The van der Waals surface area contributed by atoms with Crippen molar-refractivity contribution in [2.75, 3.05) is 20.1 Å². The van der Waals surface area contributed by atoms with Gasteiger partial charge in [0.25, 0.3) is 0 Å². The highest BCUT2D eigenvalue weighted by Crippen LogP contribution is 2.13. The summed E-state index contributed by atoms with van der Waals surface area (Å²) in [6.07, 6.45) is 2.63. The summed E-state index contributed by atoms with van der Waals surface area (Å²) in [5, 5.41) is 0. The van der Waals surface area contributed by atoms with Crippen LogP contribution in [0.4, 0.5) is 0 Å². The molecule has 0 saturated carbocycles. The second-order valence-corrected chi connectivity index (χ2v) is 2.68. The van der Waals surface area contributed by atoms with Gasteiger partial charge in [0.1, 0.15) is 0 Å². The highest BCUT2D eigenvalue weighted by atomic mass is 15.2. The van der Waals surface area contributed by atoms with Crippen molar-refractivity contribution >= 4 is 6.72 Å². The van der Waals surface area contributed by atoms with Gasteiger partial charge in [0.05, 0.1) is 6.54 Å². The molecule has 1 unspecified atom stereocenters. The molecule has 0 amide bonds. The predicted octanol–water partition coefficient (Wildman–Crippen LogP) is 0.781. The Kier molecular flexibility index (Phi) is 2.22. The first kappa shape index (κ1) is 6.75. The van der Waals surface area contributed by atoms with Crippen LogP contribution in [-0.2, 0) is 0 Å². The van der Waals surface area contributed by atoms with Crippen LogP contribution < -0.4 is 0 Å². The number of rotatable bonds is 2.